The summed E-state index contributed by atoms with van der Waals surface area (Å²) in [5.74, 6) is 3.09. The molecule has 0 radical (unpaired) electrons. The molecular formula is C48H37N5O4. The highest BCUT2D eigenvalue weighted by atomic mass is 16.5. The van der Waals surface area contributed by atoms with Crippen LogP contribution in [-0.2, 0) is 0 Å². The Bertz CT molecular complexity index is 3010. The molecule has 0 fully saturated rings. The van der Waals surface area contributed by atoms with Crippen molar-refractivity contribution in [1.82, 2.24) is 23.7 Å². The Morgan fingerprint density at radius 3 is 1.21 bits per heavy atom. The minimum absolute atomic E-state index is 0.495. The summed E-state index contributed by atoms with van der Waals surface area (Å²) in [4.78, 5) is 10.8. The van der Waals surface area contributed by atoms with Crippen molar-refractivity contribution in [3.05, 3.63) is 152 Å². The molecule has 0 aliphatic carbocycles. The molecule has 10 rings (SSSR count). The highest BCUT2D eigenvalue weighted by Gasteiger charge is 2.29. The van der Waals surface area contributed by atoms with Gasteiger partial charge in [-0.3, -0.25) is 4.57 Å². The van der Waals surface area contributed by atoms with Crippen LogP contribution in [0.15, 0.2) is 152 Å². The highest BCUT2D eigenvalue weighted by molar-refractivity contribution is 6.25. The van der Waals surface area contributed by atoms with Crippen molar-refractivity contribution < 1.29 is 18.9 Å². The fraction of sp³-hybridized carbons (Fsp3) is 0.0833. The lowest BCUT2D eigenvalue weighted by atomic mass is 10.1. The topological polar surface area (TPSA) is 77.5 Å². The molecule has 0 spiro atoms. The third-order valence-electron chi connectivity index (χ3n) is 10.6. The van der Waals surface area contributed by atoms with Crippen LogP contribution in [0.5, 0.6) is 23.0 Å². The van der Waals surface area contributed by atoms with E-state index in [1.807, 2.05) is 42.5 Å². The van der Waals surface area contributed by atoms with E-state index in [-0.39, 0.29) is 0 Å². The van der Waals surface area contributed by atoms with Crippen molar-refractivity contribution in [3.8, 4) is 62.8 Å². The summed E-state index contributed by atoms with van der Waals surface area (Å²) in [7, 11) is 6.59. The average Bonchev–Trinajstić information content (AvgIpc) is 3.91. The minimum atomic E-state index is 0.495. The highest BCUT2D eigenvalue weighted by Crippen LogP contribution is 2.45. The average molecular weight is 748 g/mol. The first-order chi connectivity index (χ1) is 28.1. The lowest BCUT2D eigenvalue weighted by Gasteiger charge is -2.14. The molecule has 57 heavy (non-hydrogen) atoms. The van der Waals surface area contributed by atoms with E-state index in [9.17, 15) is 0 Å². The van der Waals surface area contributed by atoms with Crippen LogP contribution in [-0.4, -0.2) is 52.1 Å². The van der Waals surface area contributed by atoms with E-state index in [1.165, 1.54) is 0 Å². The number of hydrogen-bond donors (Lipinski definition) is 0. The van der Waals surface area contributed by atoms with Gasteiger partial charge < -0.3 is 28.1 Å². The van der Waals surface area contributed by atoms with Crippen LogP contribution < -0.4 is 18.9 Å². The molecule has 0 unspecified atom stereocenters. The van der Waals surface area contributed by atoms with Crippen LogP contribution in [0.25, 0.3) is 83.7 Å². The monoisotopic (exact) mass is 747 g/mol. The van der Waals surface area contributed by atoms with E-state index in [2.05, 4.69) is 123 Å². The first-order valence-electron chi connectivity index (χ1n) is 18.6. The van der Waals surface area contributed by atoms with Crippen molar-refractivity contribution in [2.45, 2.75) is 0 Å². The quantitative estimate of drug-likeness (QED) is 0.146. The molecule has 0 amide bonds. The maximum atomic E-state index is 5.72. The standard InChI is InChI=1S/C48H37N5O4/c1-54-34-23-30(24-35(27-34)55-2)40-29-41(31-25-36(56-3)28-37(26-31)57-4)50-48(49-40)53-43-22-14-12-20-39(43)45-47(53)46-44(52(45)33-17-9-6-10-18-33)38-19-11-13-21-42(38)51(46)32-15-7-5-8-16-32/h5-29H,1-4H3. The molecule has 9 nitrogen and oxygen atoms in total. The largest absolute Gasteiger partial charge is 0.497 e. The molecule has 9 heteroatoms. The molecule has 6 aromatic carbocycles. The van der Waals surface area contributed by atoms with Crippen LogP contribution in [0.4, 0.5) is 0 Å². The van der Waals surface area contributed by atoms with E-state index in [0.717, 1.165) is 66.4 Å². The molecule has 4 aromatic heterocycles. The normalized spacial score (nSPS) is 11.5. The van der Waals surface area contributed by atoms with Crippen molar-refractivity contribution >= 4 is 43.9 Å². The Kier molecular flexibility index (Phi) is 8.14. The Balaban J connectivity index is 1.40. The summed E-state index contributed by atoms with van der Waals surface area (Å²) in [5.41, 5.74) is 11.3. The van der Waals surface area contributed by atoms with Gasteiger partial charge in [0.2, 0.25) is 5.95 Å². The molecule has 4 heterocycles. The first-order valence-corrected chi connectivity index (χ1v) is 18.6. The third-order valence-corrected chi connectivity index (χ3v) is 10.6. The number of para-hydroxylation sites is 4. The van der Waals surface area contributed by atoms with Gasteiger partial charge in [-0.1, -0.05) is 72.8 Å². The predicted octanol–water partition coefficient (Wildman–Crippen LogP) is 10.8. The molecule has 0 aliphatic heterocycles. The number of methoxy groups -OCH3 is 4. The Hall–Kier alpha value is -7.52. The number of hydrogen-bond acceptors (Lipinski definition) is 6. The lowest BCUT2D eigenvalue weighted by molar-refractivity contribution is 0.394. The second kappa shape index (κ2) is 13.6. The van der Waals surface area contributed by atoms with Gasteiger partial charge in [0.1, 0.15) is 28.5 Å². The second-order valence-corrected chi connectivity index (χ2v) is 13.7. The summed E-state index contributed by atoms with van der Waals surface area (Å²) in [6.07, 6.45) is 0. The SMILES string of the molecule is COc1cc(OC)cc(-c2cc(-c3cc(OC)cc(OC)c3)nc(-n3c4ccccc4c4c3c3c(c5ccccc5n3-c3ccccc3)n4-c3ccccc3)n2)c1. The van der Waals surface area contributed by atoms with Gasteiger partial charge in [-0.2, -0.15) is 0 Å². The van der Waals surface area contributed by atoms with Crippen molar-refractivity contribution in [2.75, 3.05) is 28.4 Å². The number of rotatable bonds is 9. The summed E-state index contributed by atoms with van der Waals surface area (Å²) in [6.45, 7) is 0. The number of nitrogens with zero attached hydrogens (tertiary/aromatic N) is 5. The molecule has 0 aliphatic rings. The summed E-state index contributed by atoms with van der Waals surface area (Å²) >= 11 is 0. The van der Waals surface area contributed by atoms with Gasteiger partial charge >= 0.3 is 0 Å². The van der Waals surface area contributed by atoms with Crippen LogP contribution in [0, 0.1) is 0 Å². The fourth-order valence-corrected chi connectivity index (χ4v) is 8.08. The molecule has 0 saturated carbocycles. The smallest absolute Gasteiger partial charge is 0.235 e. The lowest BCUT2D eigenvalue weighted by Crippen LogP contribution is -2.05. The fourth-order valence-electron chi connectivity index (χ4n) is 8.08. The summed E-state index contributed by atoms with van der Waals surface area (Å²) in [5, 5.41) is 2.20. The molecular weight excluding hydrogens is 711 g/mol. The number of ether oxygens (including phenoxy) is 4. The van der Waals surface area contributed by atoms with Crippen LogP contribution in [0.1, 0.15) is 0 Å². The van der Waals surface area contributed by atoms with E-state index in [0.29, 0.717) is 40.3 Å². The number of fused-ring (bicyclic) bond motifs is 7. The van der Waals surface area contributed by atoms with E-state index >= 15 is 0 Å². The number of benzene rings is 6. The molecule has 10 aromatic rings. The second-order valence-electron chi connectivity index (χ2n) is 13.7. The predicted molar refractivity (Wildman–Crippen MR) is 227 cm³/mol. The molecule has 0 saturated heterocycles. The van der Waals surface area contributed by atoms with Gasteiger partial charge in [0, 0.05) is 45.4 Å². The summed E-state index contributed by atoms with van der Waals surface area (Å²) in [6, 6.07) is 51.8. The Morgan fingerprint density at radius 2 is 0.754 bits per heavy atom. The molecule has 0 atom stereocenters. The van der Waals surface area contributed by atoms with Gasteiger partial charge in [0.15, 0.2) is 0 Å². The van der Waals surface area contributed by atoms with Gasteiger partial charge in [-0.15, -0.1) is 0 Å². The summed E-state index contributed by atoms with van der Waals surface area (Å²) < 4.78 is 29.9. The maximum absolute atomic E-state index is 5.72. The van der Waals surface area contributed by atoms with E-state index < -0.39 is 0 Å². The van der Waals surface area contributed by atoms with Crippen LogP contribution in [0.2, 0.25) is 0 Å². The van der Waals surface area contributed by atoms with Gasteiger partial charge in [0.05, 0.1) is 67.4 Å². The van der Waals surface area contributed by atoms with Crippen molar-refractivity contribution in [2.24, 2.45) is 0 Å². The first kappa shape index (κ1) is 34.0. The van der Waals surface area contributed by atoms with Crippen LogP contribution in [0.3, 0.4) is 0 Å². The maximum Gasteiger partial charge on any atom is 0.235 e. The minimum Gasteiger partial charge on any atom is -0.497 e. The van der Waals surface area contributed by atoms with Crippen LogP contribution >= 0.6 is 0 Å². The number of aromatic nitrogens is 5. The van der Waals surface area contributed by atoms with E-state index in [1.54, 1.807) is 28.4 Å². The van der Waals surface area contributed by atoms with Crippen molar-refractivity contribution in [3.63, 3.8) is 0 Å². The molecule has 278 valence electrons. The van der Waals surface area contributed by atoms with Crippen molar-refractivity contribution in [1.29, 1.82) is 0 Å². The van der Waals surface area contributed by atoms with Gasteiger partial charge in [-0.25, -0.2) is 9.97 Å². The van der Waals surface area contributed by atoms with E-state index in [4.69, 9.17) is 28.9 Å². The molecule has 0 bridgehead atoms. The van der Waals surface area contributed by atoms with Gasteiger partial charge in [-0.05, 0) is 66.7 Å². The zero-order valence-electron chi connectivity index (χ0n) is 31.8. The zero-order valence-corrected chi connectivity index (χ0v) is 31.8. The van der Waals surface area contributed by atoms with Gasteiger partial charge in [0.25, 0.3) is 0 Å². The zero-order chi connectivity index (χ0) is 38.6. The third kappa shape index (κ3) is 5.46. The Labute approximate surface area is 328 Å². The Morgan fingerprint density at radius 1 is 0.368 bits per heavy atom. The molecule has 0 N–H and O–H groups in total.